The van der Waals surface area contributed by atoms with Crippen molar-refractivity contribution in [3.8, 4) is 6.19 Å². The summed E-state index contributed by atoms with van der Waals surface area (Å²) in [7, 11) is 0. The van der Waals surface area contributed by atoms with Crippen LogP contribution in [0.3, 0.4) is 0 Å². The lowest BCUT2D eigenvalue weighted by Crippen LogP contribution is -2.31. The molecule has 3 N–H and O–H groups in total. The number of hydrogen-bond donors (Lipinski definition) is 2. The second-order valence-corrected chi connectivity index (χ2v) is 4.02. The number of benzene rings is 1. The first-order valence-electron chi connectivity index (χ1n) is 5.80. The number of nitriles is 1. The first kappa shape index (κ1) is 14.5. The lowest BCUT2D eigenvalue weighted by Gasteiger charge is -2.11. The molecule has 100 valence electrons. The zero-order valence-electron chi connectivity index (χ0n) is 10.3. The third kappa shape index (κ3) is 4.32. The number of hydrogen-bond acceptors (Lipinski definition) is 4. The Morgan fingerprint density at radius 2 is 2.00 bits per heavy atom. The number of carboxylic acids is 1. The van der Waals surface area contributed by atoms with Crippen molar-refractivity contribution in [3.05, 3.63) is 35.9 Å². The summed E-state index contributed by atoms with van der Waals surface area (Å²) in [6.45, 7) is 0.591. The molecule has 6 nitrogen and oxygen atoms in total. The van der Waals surface area contributed by atoms with Crippen molar-refractivity contribution in [2.24, 2.45) is 5.73 Å². The van der Waals surface area contributed by atoms with Crippen LogP contribution in [-0.2, 0) is 4.79 Å². The molecule has 0 radical (unpaired) electrons. The molecule has 1 aromatic carbocycles. The summed E-state index contributed by atoms with van der Waals surface area (Å²) < 4.78 is 0. The van der Waals surface area contributed by atoms with Crippen LogP contribution in [0.25, 0.3) is 0 Å². The average Bonchev–Trinajstić information content (AvgIpc) is 2.89. The minimum absolute atomic E-state index is 0.379. The van der Waals surface area contributed by atoms with Crippen LogP contribution in [0, 0.1) is 11.5 Å². The van der Waals surface area contributed by atoms with Crippen molar-refractivity contribution in [1.82, 2.24) is 4.90 Å². The van der Waals surface area contributed by atoms with E-state index in [1.165, 1.54) is 4.90 Å². The number of carbonyl (C=O) groups is 2. The van der Waals surface area contributed by atoms with Crippen LogP contribution in [0.4, 0.5) is 0 Å². The minimum Gasteiger partial charge on any atom is -0.480 e. The average molecular weight is 261 g/mol. The van der Waals surface area contributed by atoms with E-state index in [0.29, 0.717) is 18.5 Å². The van der Waals surface area contributed by atoms with Crippen LogP contribution in [0.1, 0.15) is 23.2 Å². The van der Waals surface area contributed by atoms with Gasteiger partial charge in [-0.15, -0.1) is 0 Å². The predicted molar refractivity (Wildman–Crippen MR) is 67.9 cm³/mol. The predicted octanol–water partition coefficient (Wildman–Crippen LogP) is 0.802. The fourth-order valence-corrected chi connectivity index (χ4v) is 1.75. The molecule has 6 heteroatoms. The van der Waals surface area contributed by atoms with Crippen LogP contribution in [0.15, 0.2) is 30.3 Å². The summed E-state index contributed by atoms with van der Waals surface area (Å²) in [5.41, 5.74) is 5.53. The molecule has 19 heavy (non-hydrogen) atoms. The summed E-state index contributed by atoms with van der Waals surface area (Å²) in [4.78, 5) is 22.1. The standard InChI is InChI=1S/C7H7NO.C6H8N2O2/c8-7(9)6-4-2-1-3-5-6;7-4-8-3-1-2-5(8)6(9)10/h1-5H,(H2,8,9);5H,1-3H2,(H,9,10)/t;5-/m.0/s1. The number of likely N-dealkylation sites (tertiary alicyclic amines) is 1. The van der Waals surface area contributed by atoms with Gasteiger partial charge in [-0.2, -0.15) is 5.26 Å². The Labute approximate surface area is 111 Å². The van der Waals surface area contributed by atoms with E-state index in [4.69, 9.17) is 16.1 Å². The number of carboxylic acid groups (broad SMARTS) is 1. The van der Waals surface area contributed by atoms with Crippen molar-refractivity contribution < 1.29 is 14.7 Å². The molecule has 1 amide bonds. The summed E-state index contributed by atoms with van der Waals surface area (Å²) >= 11 is 0. The third-order valence-corrected chi connectivity index (χ3v) is 2.72. The number of carbonyl (C=O) groups excluding carboxylic acids is 1. The number of primary amides is 1. The van der Waals surface area contributed by atoms with Crippen molar-refractivity contribution in [2.75, 3.05) is 6.54 Å². The smallest absolute Gasteiger partial charge is 0.327 e. The van der Waals surface area contributed by atoms with Gasteiger partial charge in [0.2, 0.25) is 5.91 Å². The summed E-state index contributed by atoms with van der Waals surface area (Å²) in [6, 6.07) is 8.20. The molecule has 0 spiro atoms. The van der Waals surface area contributed by atoms with E-state index in [-0.39, 0.29) is 5.91 Å². The van der Waals surface area contributed by atoms with Gasteiger partial charge in [-0.25, -0.2) is 4.79 Å². The molecule has 0 aromatic heterocycles. The quantitative estimate of drug-likeness (QED) is 0.766. The van der Waals surface area contributed by atoms with Crippen molar-refractivity contribution in [3.63, 3.8) is 0 Å². The van der Waals surface area contributed by atoms with Gasteiger partial charge in [0.25, 0.3) is 0 Å². The van der Waals surface area contributed by atoms with E-state index in [0.717, 1.165) is 6.42 Å². The zero-order valence-corrected chi connectivity index (χ0v) is 10.3. The number of aliphatic carboxylic acids is 1. The molecule has 1 fully saturated rings. The van der Waals surface area contributed by atoms with Gasteiger partial charge < -0.3 is 10.8 Å². The van der Waals surface area contributed by atoms with E-state index in [2.05, 4.69) is 0 Å². The Balaban J connectivity index is 0.000000191. The molecule has 1 aliphatic heterocycles. The summed E-state index contributed by atoms with van der Waals surface area (Å²) in [6.07, 6.45) is 3.26. The third-order valence-electron chi connectivity index (χ3n) is 2.72. The zero-order chi connectivity index (χ0) is 14.3. The van der Waals surface area contributed by atoms with E-state index in [1.54, 1.807) is 24.3 Å². The maximum atomic E-state index is 10.4. The van der Waals surface area contributed by atoms with Gasteiger partial charge in [-0.1, -0.05) is 18.2 Å². The maximum absolute atomic E-state index is 10.4. The highest BCUT2D eigenvalue weighted by molar-refractivity contribution is 5.92. The second-order valence-electron chi connectivity index (χ2n) is 4.02. The Bertz CT molecular complexity index is 482. The lowest BCUT2D eigenvalue weighted by atomic mass is 10.2. The molecule has 1 aliphatic rings. The number of amides is 1. The molecule has 0 saturated carbocycles. The number of nitrogens with zero attached hydrogens (tertiary/aromatic N) is 2. The number of nitrogens with two attached hydrogens (primary N) is 1. The topological polar surface area (TPSA) is 107 Å². The first-order chi connectivity index (χ1) is 9.06. The van der Waals surface area contributed by atoms with E-state index in [9.17, 15) is 9.59 Å². The highest BCUT2D eigenvalue weighted by Crippen LogP contribution is 2.15. The van der Waals surface area contributed by atoms with Crippen LogP contribution in [-0.4, -0.2) is 34.5 Å². The van der Waals surface area contributed by atoms with Gasteiger partial charge >= 0.3 is 5.97 Å². The summed E-state index contributed by atoms with van der Waals surface area (Å²) in [5, 5.41) is 16.9. The highest BCUT2D eigenvalue weighted by Gasteiger charge is 2.29. The van der Waals surface area contributed by atoms with Crippen LogP contribution < -0.4 is 5.73 Å². The molecule has 2 rings (SSSR count). The van der Waals surface area contributed by atoms with Crippen molar-refractivity contribution >= 4 is 11.9 Å². The lowest BCUT2D eigenvalue weighted by molar-refractivity contribution is -0.141. The van der Waals surface area contributed by atoms with Gasteiger partial charge in [0.05, 0.1) is 0 Å². The fourth-order valence-electron chi connectivity index (χ4n) is 1.75. The first-order valence-corrected chi connectivity index (χ1v) is 5.80. The monoisotopic (exact) mass is 261 g/mol. The molecule has 0 unspecified atom stereocenters. The van der Waals surface area contributed by atoms with Gasteiger partial charge in [0, 0.05) is 12.1 Å². The molecule has 0 bridgehead atoms. The number of rotatable bonds is 2. The van der Waals surface area contributed by atoms with Gasteiger partial charge in [-0.05, 0) is 25.0 Å². The second kappa shape index (κ2) is 7.01. The largest absolute Gasteiger partial charge is 0.480 e. The van der Waals surface area contributed by atoms with Crippen molar-refractivity contribution in [1.29, 1.82) is 5.26 Å². The normalized spacial score (nSPS) is 17.0. The molecule has 1 heterocycles. The molecule has 1 atom stereocenters. The highest BCUT2D eigenvalue weighted by atomic mass is 16.4. The SMILES string of the molecule is N#CN1CCC[C@H]1C(=O)O.NC(=O)c1ccccc1. The van der Waals surface area contributed by atoms with E-state index >= 15 is 0 Å². The summed E-state index contributed by atoms with van der Waals surface area (Å²) in [5.74, 6) is -1.27. The Morgan fingerprint density at radius 3 is 2.37 bits per heavy atom. The molecule has 0 aliphatic carbocycles. The molecule has 1 saturated heterocycles. The Morgan fingerprint density at radius 1 is 1.37 bits per heavy atom. The van der Waals surface area contributed by atoms with Gasteiger partial charge in [-0.3, -0.25) is 9.69 Å². The molecular formula is C13H15N3O3. The minimum atomic E-state index is -0.890. The van der Waals surface area contributed by atoms with E-state index < -0.39 is 12.0 Å². The van der Waals surface area contributed by atoms with E-state index in [1.807, 2.05) is 12.3 Å². The van der Waals surface area contributed by atoms with Crippen molar-refractivity contribution in [2.45, 2.75) is 18.9 Å². The Hall–Kier alpha value is -2.55. The van der Waals surface area contributed by atoms with Gasteiger partial charge in [0.1, 0.15) is 6.04 Å². The Kier molecular flexibility index (Phi) is 5.35. The van der Waals surface area contributed by atoms with Crippen LogP contribution in [0.5, 0.6) is 0 Å². The van der Waals surface area contributed by atoms with Crippen LogP contribution >= 0.6 is 0 Å². The maximum Gasteiger partial charge on any atom is 0.327 e. The molecule has 1 aromatic rings. The van der Waals surface area contributed by atoms with Crippen LogP contribution in [0.2, 0.25) is 0 Å². The fraction of sp³-hybridized carbons (Fsp3) is 0.308. The van der Waals surface area contributed by atoms with Gasteiger partial charge in [0.15, 0.2) is 6.19 Å². The molecular weight excluding hydrogens is 246 g/mol.